The molecule has 0 radical (unpaired) electrons. The molecule has 0 spiro atoms. The maximum absolute atomic E-state index is 5.92. The van der Waals surface area contributed by atoms with Crippen molar-refractivity contribution in [2.45, 2.75) is 20.8 Å². The van der Waals surface area contributed by atoms with E-state index in [4.69, 9.17) is 5.73 Å². The molecule has 2 nitrogen and oxygen atoms in total. The predicted molar refractivity (Wildman–Crippen MR) is 107 cm³/mol. The van der Waals surface area contributed by atoms with Crippen LogP contribution in [0.2, 0.25) is 0 Å². The lowest BCUT2D eigenvalue weighted by atomic mass is 9.96. The van der Waals surface area contributed by atoms with Crippen molar-refractivity contribution in [3.8, 4) is 0 Å². The summed E-state index contributed by atoms with van der Waals surface area (Å²) < 4.78 is 0. The van der Waals surface area contributed by atoms with E-state index in [0.29, 0.717) is 0 Å². The Labute approximate surface area is 144 Å². The quantitative estimate of drug-likeness (QED) is 0.614. The number of pyridine rings is 1. The van der Waals surface area contributed by atoms with Crippen molar-refractivity contribution in [3.05, 3.63) is 83.6 Å². The van der Waals surface area contributed by atoms with Gasteiger partial charge in [0.1, 0.15) is 0 Å². The summed E-state index contributed by atoms with van der Waals surface area (Å²) in [5.74, 6) is 0. The van der Waals surface area contributed by atoms with Crippen molar-refractivity contribution in [2.24, 2.45) is 0 Å². The molecule has 0 aliphatic rings. The molecular weight excluding hydrogens is 292 g/mol. The molecular formula is C22H24N2. The van der Waals surface area contributed by atoms with Crippen molar-refractivity contribution in [2.75, 3.05) is 5.73 Å². The molecule has 122 valence electrons. The van der Waals surface area contributed by atoms with Gasteiger partial charge in [-0.3, -0.25) is 4.98 Å². The van der Waals surface area contributed by atoms with Gasteiger partial charge in [0.05, 0.1) is 5.52 Å². The molecule has 0 aliphatic carbocycles. The second-order valence-electron chi connectivity index (χ2n) is 5.81. The molecule has 2 N–H and O–H groups in total. The molecule has 3 rings (SSSR count). The molecule has 0 unspecified atom stereocenters. The number of rotatable bonds is 2. The molecule has 2 aromatic carbocycles. The number of aromatic nitrogens is 1. The number of para-hydroxylation sites is 1. The van der Waals surface area contributed by atoms with Gasteiger partial charge >= 0.3 is 0 Å². The van der Waals surface area contributed by atoms with Crippen LogP contribution in [0.1, 0.15) is 27.8 Å². The Morgan fingerprint density at radius 1 is 0.875 bits per heavy atom. The first-order valence-electron chi connectivity index (χ1n) is 7.94. The monoisotopic (exact) mass is 316 g/mol. The van der Waals surface area contributed by atoms with Crippen molar-refractivity contribution in [1.82, 2.24) is 4.98 Å². The Bertz CT molecular complexity index is 887. The fourth-order valence-corrected chi connectivity index (χ4v) is 2.80. The van der Waals surface area contributed by atoms with Crippen molar-refractivity contribution >= 4 is 28.7 Å². The number of anilines is 1. The first kappa shape index (κ1) is 17.5. The van der Waals surface area contributed by atoms with Gasteiger partial charge in [0.15, 0.2) is 0 Å². The molecule has 0 amide bonds. The van der Waals surface area contributed by atoms with Gasteiger partial charge < -0.3 is 5.73 Å². The van der Waals surface area contributed by atoms with E-state index in [0.717, 1.165) is 27.9 Å². The lowest BCUT2D eigenvalue weighted by molar-refractivity contribution is 1.36. The Hall–Kier alpha value is -2.87. The average Bonchev–Trinajstić information content (AvgIpc) is 2.59. The third-order valence-electron chi connectivity index (χ3n) is 4.11. The number of nitrogens with zero attached hydrogens (tertiary/aromatic N) is 1. The zero-order valence-corrected chi connectivity index (χ0v) is 14.6. The summed E-state index contributed by atoms with van der Waals surface area (Å²) in [5, 5.41) is 1.22. The number of nitrogen functional groups attached to an aromatic ring is 1. The summed E-state index contributed by atoms with van der Waals surface area (Å²) in [5.41, 5.74) is 13.4. The minimum Gasteiger partial charge on any atom is -0.398 e. The highest BCUT2D eigenvalue weighted by Gasteiger charge is 2.06. The fourth-order valence-electron chi connectivity index (χ4n) is 2.80. The van der Waals surface area contributed by atoms with Gasteiger partial charge in [-0.15, -0.1) is 0 Å². The highest BCUT2D eigenvalue weighted by atomic mass is 14.6. The van der Waals surface area contributed by atoms with Crippen molar-refractivity contribution in [3.63, 3.8) is 0 Å². The Morgan fingerprint density at radius 2 is 1.54 bits per heavy atom. The second-order valence-corrected chi connectivity index (χ2v) is 5.81. The SMILES string of the molecule is C=Cc1c(C)cc(C)c(N)c1C=C.Cc1cccc2cccnc12. The van der Waals surface area contributed by atoms with Crippen LogP contribution in [0.3, 0.4) is 0 Å². The van der Waals surface area contributed by atoms with Crippen molar-refractivity contribution < 1.29 is 0 Å². The summed E-state index contributed by atoms with van der Waals surface area (Å²) in [6, 6.07) is 12.3. The molecule has 0 fully saturated rings. The van der Waals surface area contributed by atoms with E-state index in [1.165, 1.54) is 16.5 Å². The van der Waals surface area contributed by atoms with Gasteiger partial charge in [-0.05, 0) is 49.1 Å². The molecule has 1 heterocycles. The van der Waals surface area contributed by atoms with Crippen LogP contribution in [0.4, 0.5) is 5.69 Å². The summed E-state index contributed by atoms with van der Waals surface area (Å²) in [4.78, 5) is 4.28. The van der Waals surface area contributed by atoms with Gasteiger partial charge in [0.25, 0.3) is 0 Å². The first-order valence-corrected chi connectivity index (χ1v) is 7.94. The average molecular weight is 316 g/mol. The van der Waals surface area contributed by atoms with E-state index >= 15 is 0 Å². The number of nitrogens with two attached hydrogens (primary N) is 1. The molecule has 24 heavy (non-hydrogen) atoms. The van der Waals surface area contributed by atoms with Gasteiger partial charge in [-0.2, -0.15) is 0 Å². The van der Waals surface area contributed by atoms with Crippen LogP contribution < -0.4 is 5.73 Å². The van der Waals surface area contributed by atoms with E-state index in [1.54, 1.807) is 6.08 Å². The standard InChI is InChI=1S/C12H15N.C10H9N/c1-5-10-8(3)7-9(4)12(13)11(10)6-2;1-8-4-2-5-9-6-3-7-11-10(8)9/h5-7H,1-2,13H2,3-4H3;2-7H,1H3. The van der Waals surface area contributed by atoms with Crippen LogP contribution in [0, 0.1) is 20.8 Å². The number of benzene rings is 2. The maximum atomic E-state index is 5.92. The van der Waals surface area contributed by atoms with Gasteiger partial charge in [-0.1, -0.05) is 55.6 Å². The molecule has 2 heteroatoms. The van der Waals surface area contributed by atoms with E-state index < -0.39 is 0 Å². The van der Waals surface area contributed by atoms with E-state index in [1.807, 2.05) is 25.3 Å². The van der Waals surface area contributed by atoms with Crippen LogP contribution in [0.25, 0.3) is 23.1 Å². The number of aryl methyl sites for hydroxylation is 3. The van der Waals surface area contributed by atoms with Crippen molar-refractivity contribution in [1.29, 1.82) is 0 Å². The van der Waals surface area contributed by atoms with Gasteiger partial charge in [0.2, 0.25) is 0 Å². The fraction of sp³-hybridized carbons (Fsp3) is 0.136. The summed E-state index contributed by atoms with van der Waals surface area (Å²) in [6.07, 6.45) is 5.43. The molecule has 0 aliphatic heterocycles. The summed E-state index contributed by atoms with van der Waals surface area (Å²) in [6.45, 7) is 13.7. The van der Waals surface area contributed by atoms with Crippen LogP contribution in [-0.2, 0) is 0 Å². The largest absolute Gasteiger partial charge is 0.398 e. The number of fused-ring (bicyclic) bond motifs is 1. The van der Waals surface area contributed by atoms with Gasteiger partial charge in [-0.25, -0.2) is 0 Å². The minimum absolute atomic E-state index is 0.801. The molecule has 0 atom stereocenters. The van der Waals surface area contributed by atoms with Gasteiger partial charge in [0, 0.05) is 22.8 Å². The molecule has 0 saturated heterocycles. The number of hydrogen-bond acceptors (Lipinski definition) is 2. The van der Waals surface area contributed by atoms with Crippen LogP contribution in [0.15, 0.2) is 55.8 Å². The normalized spacial score (nSPS) is 9.96. The van der Waals surface area contributed by atoms with Crippen LogP contribution in [-0.4, -0.2) is 4.98 Å². The Balaban J connectivity index is 0.000000175. The second kappa shape index (κ2) is 7.60. The Morgan fingerprint density at radius 3 is 2.17 bits per heavy atom. The van der Waals surface area contributed by atoms with E-state index in [2.05, 4.69) is 62.3 Å². The minimum atomic E-state index is 0.801. The third kappa shape index (κ3) is 3.54. The number of hydrogen-bond donors (Lipinski definition) is 1. The highest BCUT2D eigenvalue weighted by molar-refractivity contribution is 5.81. The first-order chi connectivity index (χ1) is 11.5. The maximum Gasteiger partial charge on any atom is 0.0731 e. The lowest BCUT2D eigenvalue weighted by Crippen LogP contribution is -1.98. The highest BCUT2D eigenvalue weighted by Crippen LogP contribution is 2.26. The topological polar surface area (TPSA) is 38.9 Å². The predicted octanol–water partition coefficient (Wildman–Crippen LogP) is 5.71. The lowest BCUT2D eigenvalue weighted by Gasteiger charge is -2.11. The molecule has 0 saturated carbocycles. The zero-order chi connectivity index (χ0) is 17.7. The summed E-state index contributed by atoms with van der Waals surface area (Å²) >= 11 is 0. The summed E-state index contributed by atoms with van der Waals surface area (Å²) in [7, 11) is 0. The van der Waals surface area contributed by atoms with Crippen LogP contribution >= 0.6 is 0 Å². The Kier molecular flexibility index (Phi) is 5.54. The third-order valence-corrected chi connectivity index (χ3v) is 4.11. The molecule has 1 aromatic heterocycles. The molecule has 0 bridgehead atoms. The molecule has 3 aromatic rings. The zero-order valence-electron chi connectivity index (χ0n) is 14.6. The van der Waals surface area contributed by atoms with Crippen LogP contribution in [0.5, 0.6) is 0 Å². The van der Waals surface area contributed by atoms with E-state index in [-0.39, 0.29) is 0 Å². The van der Waals surface area contributed by atoms with E-state index in [9.17, 15) is 0 Å². The smallest absolute Gasteiger partial charge is 0.0731 e.